The molecule has 29 heavy (non-hydrogen) atoms. The van der Waals surface area contributed by atoms with Crippen molar-refractivity contribution in [1.29, 1.82) is 0 Å². The number of urea groups is 1. The first-order chi connectivity index (χ1) is 13.9. The van der Waals surface area contributed by atoms with E-state index in [2.05, 4.69) is 4.90 Å². The molecular formula is C19H16N4O6. The van der Waals surface area contributed by atoms with Crippen LogP contribution < -0.4 is 15.5 Å². The summed E-state index contributed by atoms with van der Waals surface area (Å²) in [6, 6.07) is 6.89. The zero-order valence-electron chi connectivity index (χ0n) is 15.1. The fourth-order valence-corrected chi connectivity index (χ4v) is 3.39. The molecule has 0 radical (unpaired) electrons. The lowest BCUT2D eigenvalue weighted by molar-refractivity contribution is -0.384. The van der Waals surface area contributed by atoms with E-state index in [-0.39, 0.29) is 17.0 Å². The molecule has 2 aromatic rings. The highest BCUT2D eigenvalue weighted by molar-refractivity contribution is 6.31. The molecule has 10 nitrogen and oxygen atoms in total. The van der Waals surface area contributed by atoms with Crippen molar-refractivity contribution in [3.05, 3.63) is 51.8 Å². The van der Waals surface area contributed by atoms with E-state index < -0.39 is 22.8 Å². The van der Waals surface area contributed by atoms with Crippen LogP contribution in [0.5, 0.6) is 0 Å². The number of carbonyl (C=O) groups excluding carboxylic acids is 3. The number of hydrogen-bond acceptors (Lipinski definition) is 7. The molecular weight excluding hydrogens is 380 g/mol. The zero-order valence-corrected chi connectivity index (χ0v) is 15.1. The monoisotopic (exact) mass is 396 g/mol. The van der Waals surface area contributed by atoms with Crippen LogP contribution in [0.2, 0.25) is 0 Å². The lowest BCUT2D eigenvalue weighted by Gasteiger charge is -2.20. The highest BCUT2D eigenvalue weighted by atomic mass is 16.6. The van der Waals surface area contributed by atoms with Gasteiger partial charge in [-0.2, -0.15) is 0 Å². The van der Waals surface area contributed by atoms with E-state index in [0.29, 0.717) is 11.3 Å². The summed E-state index contributed by atoms with van der Waals surface area (Å²) in [5.74, 6) is -1.08. The minimum absolute atomic E-state index is 0.0659. The molecule has 0 atom stereocenters. The van der Waals surface area contributed by atoms with Crippen molar-refractivity contribution < 1.29 is 23.7 Å². The second-order valence-electron chi connectivity index (χ2n) is 6.65. The van der Waals surface area contributed by atoms with E-state index >= 15 is 0 Å². The van der Waals surface area contributed by atoms with Crippen LogP contribution >= 0.6 is 0 Å². The van der Waals surface area contributed by atoms with Crippen molar-refractivity contribution in [3.8, 4) is 11.3 Å². The van der Waals surface area contributed by atoms with Crippen LogP contribution in [0.3, 0.4) is 0 Å². The molecule has 0 saturated carbocycles. The number of nitro groups is 1. The van der Waals surface area contributed by atoms with E-state index in [1.165, 1.54) is 18.2 Å². The van der Waals surface area contributed by atoms with Crippen LogP contribution in [0.4, 0.5) is 16.2 Å². The van der Waals surface area contributed by atoms with Gasteiger partial charge in [0.05, 0.1) is 4.92 Å². The van der Waals surface area contributed by atoms with Gasteiger partial charge in [0.15, 0.2) is 0 Å². The second-order valence-corrected chi connectivity index (χ2v) is 6.65. The molecule has 1 aromatic carbocycles. The number of anilines is 1. The highest BCUT2D eigenvalue weighted by Gasteiger charge is 2.28. The zero-order chi connectivity index (χ0) is 20.5. The largest absolute Gasteiger partial charge is 0.457 e. The van der Waals surface area contributed by atoms with Crippen molar-refractivity contribution in [2.75, 3.05) is 18.0 Å². The Morgan fingerprint density at radius 3 is 2.38 bits per heavy atom. The molecule has 3 heterocycles. The predicted octanol–water partition coefficient (Wildman–Crippen LogP) is 2.20. The number of nitrogens with zero attached hydrogens (tertiary/aromatic N) is 2. The van der Waals surface area contributed by atoms with Gasteiger partial charge in [0.1, 0.15) is 17.1 Å². The Labute approximate surface area is 164 Å². The highest BCUT2D eigenvalue weighted by Crippen LogP contribution is 2.37. The molecule has 2 N–H and O–H groups in total. The molecule has 0 unspecified atom stereocenters. The van der Waals surface area contributed by atoms with Crippen molar-refractivity contribution in [3.63, 3.8) is 0 Å². The van der Waals surface area contributed by atoms with Crippen LogP contribution in [-0.4, -0.2) is 35.9 Å². The number of imide groups is 2. The van der Waals surface area contributed by atoms with E-state index in [1.54, 1.807) is 18.2 Å². The average molecular weight is 396 g/mol. The number of hydrogen-bond donors (Lipinski definition) is 2. The molecule has 0 aliphatic carbocycles. The summed E-state index contributed by atoms with van der Waals surface area (Å²) in [6.07, 6.45) is 3.29. The summed E-state index contributed by atoms with van der Waals surface area (Å²) in [5.41, 5.74) is 1.03. The van der Waals surface area contributed by atoms with Crippen LogP contribution in [0.1, 0.15) is 18.6 Å². The summed E-state index contributed by atoms with van der Waals surface area (Å²) >= 11 is 0. The van der Waals surface area contributed by atoms with Crippen LogP contribution in [0, 0.1) is 10.1 Å². The van der Waals surface area contributed by atoms with Crippen molar-refractivity contribution in [2.24, 2.45) is 0 Å². The topological polar surface area (TPSA) is 135 Å². The molecule has 4 amide bonds. The van der Waals surface area contributed by atoms with Gasteiger partial charge in [-0.3, -0.25) is 30.3 Å². The molecule has 10 heteroatoms. The molecule has 1 aromatic heterocycles. The Morgan fingerprint density at radius 2 is 1.72 bits per heavy atom. The van der Waals surface area contributed by atoms with Crippen molar-refractivity contribution >= 4 is 35.3 Å². The SMILES string of the molecule is O=C1NC(=O)C(=Cc2ccc(-c3cc([N+](=O)[O-])ccc3N3CCCC3)o2)C(=O)N1. The first kappa shape index (κ1) is 18.4. The molecule has 2 fully saturated rings. The standard InChI is InChI=1S/C19H16N4O6/c24-17-14(18(25)21-19(26)20-17)10-12-4-6-16(29-12)13-9-11(23(27)28)3-5-15(13)22-7-1-2-8-22/h3-6,9-10H,1-2,7-8H2,(H2,20,21,24,25,26). The third kappa shape index (κ3) is 3.59. The van der Waals surface area contributed by atoms with E-state index in [1.807, 2.05) is 10.6 Å². The lowest BCUT2D eigenvalue weighted by atomic mass is 10.1. The minimum atomic E-state index is -0.885. The number of nitro benzene ring substituents is 1. The Kier molecular flexibility index (Phi) is 4.59. The number of barbiturate groups is 1. The van der Waals surface area contributed by atoms with Gasteiger partial charge in [0.2, 0.25) is 0 Å². The molecule has 0 bridgehead atoms. The van der Waals surface area contributed by atoms with Gasteiger partial charge in [-0.25, -0.2) is 4.79 Å². The summed E-state index contributed by atoms with van der Waals surface area (Å²) in [6.45, 7) is 1.69. The maximum atomic E-state index is 11.9. The Morgan fingerprint density at radius 1 is 1.03 bits per heavy atom. The van der Waals surface area contributed by atoms with Gasteiger partial charge in [0, 0.05) is 36.5 Å². The number of nitrogens with one attached hydrogen (secondary N) is 2. The first-order valence-corrected chi connectivity index (χ1v) is 8.94. The molecule has 0 spiro atoms. The number of carbonyl (C=O) groups is 3. The van der Waals surface area contributed by atoms with E-state index in [0.717, 1.165) is 31.6 Å². The second kappa shape index (κ2) is 7.23. The Hall–Kier alpha value is -3.95. The van der Waals surface area contributed by atoms with E-state index in [9.17, 15) is 24.5 Å². The van der Waals surface area contributed by atoms with Crippen molar-refractivity contribution in [2.45, 2.75) is 12.8 Å². The van der Waals surface area contributed by atoms with Crippen LogP contribution in [0.25, 0.3) is 17.4 Å². The summed E-state index contributed by atoms with van der Waals surface area (Å²) in [7, 11) is 0. The van der Waals surface area contributed by atoms with Crippen LogP contribution in [0.15, 0.2) is 40.3 Å². The smallest absolute Gasteiger partial charge is 0.328 e. The van der Waals surface area contributed by atoms with Crippen LogP contribution in [-0.2, 0) is 9.59 Å². The Balaban J connectivity index is 1.72. The quantitative estimate of drug-likeness (QED) is 0.350. The fraction of sp³-hybridized carbons (Fsp3) is 0.211. The number of rotatable bonds is 4. The number of amides is 4. The molecule has 4 rings (SSSR count). The maximum Gasteiger partial charge on any atom is 0.328 e. The fourth-order valence-electron chi connectivity index (χ4n) is 3.39. The van der Waals surface area contributed by atoms with Gasteiger partial charge < -0.3 is 9.32 Å². The Bertz CT molecular complexity index is 1040. The lowest BCUT2D eigenvalue weighted by Crippen LogP contribution is -2.51. The summed E-state index contributed by atoms with van der Waals surface area (Å²) in [4.78, 5) is 47.7. The van der Waals surface area contributed by atoms with Crippen molar-refractivity contribution in [1.82, 2.24) is 10.6 Å². The normalized spacial score (nSPS) is 16.6. The molecule has 2 aliphatic heterocycles. The number of benzene rings is 1. The number of furan rings is 1. The molecule has 2 aliphatic rings. The number of non-ortho nitro benzene ring substituents is 1. The predicted molar refractivity (Wildman–Crippen MR) is 102 cm³/mol. The average Bonchev–Trinajstić information content (AvgIpc) is 3.36. The van der Waals surface area contributed by atoms with Gasteiger partial charge in [-0.15, -0.1) is 0 Å². The molecule has 2 saturated heterocycles. The van der Waals surface area contributed by atoms with Gasteiger partial charge in [0.25, 0.3) is 17.5 Å². The van der Waals surface area contributed by atoms with Gasteiger partial charge >= 0.3 is 6.03 Å². The maximum absolute atomic E-state index is 11.9. The van der Waals surface area contributed by atoms with E-state index in [4.69, 9.17) is 4.42 Å². The molecule has 148 valence electrons. The third-order valence-corrected chi connectivity index (χ3v) is 4.76. The van der Waals surface area contributed by atoms with Gasteiger partial charge in [-0.05, 0) is 37.1 Å². The summed E-state index contributed by atoms with van der Waals surface area (Å²) in [5, 5.41) is 15.2. The first-order valence-electron chi connectivity index (χ1n) is 8.94. The van der Waals surface area contributed by atoms with Gasteiger partial charge in [-0.1, -0.05) is 0 Å². The third-order valence-electron chi connectivity index (χ3n) is 4.76. The minimum Gasteiger partial charge on any atom is -0.457 e. The summed E-state index contributed by atoms with van der Waals surface area (Å²) < 4.78 is 5.76.